The number of anilines is 2. The molecule has 6 heteroatoms. The first kappa shape index (κ1) is 14.6. The third-order valence-electron chi connectivity index (χ3n) is 3.00. The maximum Gasteiger partial charge on any atom is 0.274 e. The van der Waals surface area contributed by atoms with Crippen LogP contribution in [0.4, 0.5) is 11.4 Å². The molecule has 2 aromatic rings. The lowest BCUT2D eigenvalue weighted by molar-refractivity contribution is 0.101. The number of rotatable bonds is 3. The van der Waals surface area contributed by atoms with E-state index in [1.807, 2.05) is 26.8 Å². The van der Waals surface area contributed by atoms with Gasteiger partial charge in [-0.25, -0.2) is 0 Å². The Kier molecular flexibility index (Phi) is 4.13. The summed E-state index contributed by atoms with van der Waals surface area (Å²) in [5.41, 5.74) is 9.39. The summed E-state index contributed by atoms with van der Waals surface area (Å²) in [6, 6.07) is 5.45. The zero-order valence-electron chi connectivity index (χ0n) is 11.7. The summed E-state index contributed by atoms with van der Waals surface area (Å²) in [5, 5.41) is 7.13. The molecule has 0 fully saturated rings. The van der Waals surface area contributed by atoms with Crippen LogP contribution in [0, 0.1) is 13.8 Å². The van der Waals surface area contributed by atoms with E-state index >= 15 is 0 Å². The molecule has 0 bridgehead atoms. The highest BCUT2D eigenvalue weighted by Crippen LogP contribution is 2.28. The van der Waals surface area contributed by atoms with Crippen LogP contribution in [0.1, 0.15) is 28.7 Å². The van der Waals surface area contributed by atoms with Crippen LogP contribution in [0.5, 0.6) is 0 Å². The second kappa shape index (κ2) is 5.66. The van der Waals surface area contributed by atoms with Crippen LogP contribution >= 0.6 is 15.9 Å². The predicted octanol–water partition coefficient (Wildman–Crippen LogP) is 3.12. The minimum atomic E-state index is -0.204. The molecule has 3 N–H and O–H groups in total. The number of nitrogens with zero attached hydrogens (tertiary/aromatic N) is 2. The Bertz CT molecular complexity index is 640. The lowest BCUT2D eigenvalue weighted by Gasteiger charge is -2.12. The molecule has 0 saturated carbocycles. The minimum Gasteiger partial charge on any atom is -0.397 e. The first-order valence-electron chi connectivity index (χ1n) is 6.33. The largest absolute Gasteiger partial charge is 0.397 e. The summed E-state index contributed by atoms with van der Waals surface area (Å²) < 4.78 is 2.56. The number of nitrogens with one attached hydrogen (secondary N) is 1. The van der Waals surface area contributed by atoms with Gasteiger partial charge in [0.15, 0.2) is 0 Å². The van der Waals surface area contributed by atoms with Crippen LogP contribution in [0.2, 0.25) is 0 Å². The predicted molar refractivity (Wildman–Crippen MR) is 83.9 cm³/mol. The molecule has 0 radical (unpaired) electrons. The molecule has 0 aliphatic carbocycles. The smallest absolute Gasteiger partial charge is 0.274 e. The highest BCUT2D eigenvalue weighted by Gasteiger charge is 2.15. The Morgan fingerprint density at radius 2 is 2.10 bits per heavy atom. The van der Waals surface area contributed by atoms with E-state index in [-0.39, 0.29) is 5.91 Å². The maximum absolute atomic E-state index is 12.4. The second-order valence-electron chi connectivity index (χ2n) is 4.63. The quantitative estimate of drug-likeness (QED) is 0.845. The molecule has 0 saturated heterocycles. The van der Waals surface area contributed by atoms with Crippen LogP contribution in [0.25, 0.3) is 0 Å². The summed E-state index contributed by atoms with van der Waals surface area (Å²) in [5.74, 6) is -0.204. The number of aryl methyl sites for hydroxylation is 3. The van der Waals surface area contributed by atoms with Gasteiger partial charge in [-0.2, -0.15) is 5.10 Å². The summed E-state index contributed by atoms with van der Waals surface area (Å²) in [6.07, 6.45) is 0. The van der Waals surface area contributed by atoms with Crippen molar-refractivity contribution in [3.05, 3.63) is 39.6 Å². The number of amides is 1. The standard InChI is InChI=1S/C14H17BrN4O/c1-4-19-12(6-9(3)18-19)14(20)17-13-8(2)5-10(15)7-11(13)16/h5-7H,4,16H2,1-3H3,(H,17,20). The van der Waals surface area contributed by atoms with Crippen molar-refractivity contribution in [3.8, 4) is 0 Å². The molecule has 0 spiro atoms. The van der Waals surface area contributed by atoms with E-state index in [1.54, 1.807) is 16.8 Å². The molecule has 5 nitrogen and oxygen atoms in total. The molecular formula is C14H17BrN4O. The van der Waals surface area contributed by atoms with Crippen LogP contribution < -0.4 is 11.1 Å². The van der Waals surface area contributed by atoms with Crippen molar-refractivity contribution in [2.24, 2.45) is 0 Å². The van der Waals surface area contributed by atoms with E-state index in [1.165, 1.54) is 0 Å². The van der Waals surface area contributed by atoms with E-state index in [2.05, 4.69) is 26.3 Å². The van der Waals surface area contributed by atoms with E-state index in [4.69, 9.17) is 5.73 Å². The van der Waals surface area contributed by atoms with Gasteiger partial charge < -0.3 is 11.1 Å². The average Bonchev–Trinajstić information content (AvgIpc) is 2.75. The first-order valence-corrected chi connectivity index (χ1v) is 7.13. The summed E-state index contributed by atoms with van der Waals surface area (Å²) in [4.78, 5) is 12.4. The Morgan fingerprint density at radius 1 is 1.40 bits per heavy atom. The maximum atomic E-state index is 12.4. The molecule has 0 atom stereocenters. The number of hydrogen-bond acceptors (Lipinski definition) is 3. The zero-order valence-corrected chi connectivity index (χ0v) is 13.3. The Balaban J connectivity index is 2.32. The molecule has 0 aliphatic rings. The van der Waals surface area contributed by atoms with Crippen molar-refractivity contribution in [2.45, 2.75) is 27.3 Å². The van der Waals surface area contributed by atoms with Crippen LogP contribution in [0.3, 0.4) is 0 Å². The van der Waals surface area contributed by atoms with Crippen molar-refractivity contribution < 1.29 is 4.79 Å². The number of aromatic nitrogens is 2. The topological polar surface area (TPSA) is 72.9 Å². The number of nitrogen functional groups attached to an aromatic ring is 1. The molecule has 2 rings (SSSR count). The minimum absolute atomic E-state index is 0.204. The van der Waals surface area contributed by atoms with Gasteiger partial charge in [-0.1, -0.05) is 15.9 Å². The number of hydrogen-bond donors (Lipinski definition) is 2. The van der Waals surface area contributed by atoms with E-state index in [9.17, 15) is 4.79 Å². The molecule has 20 heavy (non-hydrogen) atoms. The first-order chi connectivity index (χ1) is 9.42. The molecule has 1 heterocycles. The van der Waals surface area contributed by atoms with Gasteiger partial charge in [0.05, 0.1) is 17.1 Å². The van der Waals surface area contributed by atoms with Crippen LogP contribution in [-0.2, 0) is 6.54 Å². The van der Waals surface area contributed by atoms with Crippen molar-refractivity contribution in [1.82, 2.24) is 9.78 Å². The average molecular weight is 337 g/mol. The van der Waals surface area contributed by atoms with Gasteiger partial charge in [-0.3, -0.25) is 9.48 Å². The number of carbonyl (C=O) groups is 1. The Labute approximate surface area is 126 Å². The lowest BCUT2D eigenvalue weighted by Crippen LogP contribution is -2.18. The monoisotopic (exact) mass is 336 g/mol. The van der Waals surface area contributed by atoms with Crippen LogP contribution in [-0.4, -0.2) is 15.7 Å². The Morgan fingerprint density at radius 3 is 2.70 bits per heavy atom. The summed E-state index contributed by atoms with van der Waals surface area (Å²) >= 11 is 3.38. The van der Waals surface area contributed by atoms with Gasteiger partial charge in [0.2, 0.25) is 0 Å². The zero-order chi connectivity index (χ0) is 14.9. The molecule has 106 valence electrons. The van der Waals surface area contributed by atoms with Gasteiger partial charge in [-0.15, -0.1) is 0 Å². The molecule has 0 aliphatic heterocycles. The van der Waals surface area contributed by atoms with Gasteiger partial charge in [0.25, 0.3) is 5.91 Å². The molecular weight excluding hydrogens is 320 g/mol. The summed E-state index contributed by atoms with van der Waals surface area (Å²) in [7, 11) is 0. The molecule has 0 unspecified atom stereocenters. The summed E-state index contributed by atoms with van der Waals surface area (Å²) in [6.45, 7) is 6.36. The second-order valence-corrected chi connectivity index (χ2v) is 5.54. The third kappa shape index (κ3) is 2.85. The SMILES string of the molecule is CCn1nc(C)cc1C(=O)Nc1c(C)cc(Br)cc1N. The van der Waals surface area contributed by atoms with E-state index in [0.29, 0.717) is 23.6 Å². The lowest BCUT2D eigenvalue weighted by atomic mass is 10.1. The van der Waals surface area contributed by atoms with Gasteiger partial charge in [0.1, 0.15) is 5.69 Å². The van der Waals surface area contributed by atoms with Crippen molar-refractivity contribution in [1.29, 1.82) is 0 Å². The third-order valence-corrected chi connectivity index (χ3v) is 3.46. The molecule has 1 amide bonds. The molecule has 1 aromatic carbocycles. The fourth-order valence-corrected chi connectivity index (χ4v) is 2.68. The number of halogens is 1. The number of nitrogens with two attached hydrogens (primary N) is 1. The van der Waals surface area contributed by atoms with Gasteiger partial charge >= 0.3 is 0 Å². The fourth-order valence-electron chi connectivity index (χ4n) is 2.09. The van der Waals surface area contributed by atoms with Crippen molar-refractivity contribution >= 4 is 33.2 Å². The Hall–Kier alpha value is -1.82. The van der Waals surface area contributed by atoms with Crippen LogP contribution in [0.15, 0.2) is 22.7 Å². The van der Waals surface area contributed by atoms with Gasteiger partial charge in [-0.05, 0) is 44.5 Å². The number of carbonyl (C=O) groups excluding carboxylic acids is 1. The van der Waals surface area contributed by atoms with E-state index in [0.717, 1.165) is 15.7 Å². The number of benzene rings is 1. The normalized spacial score (nSPS) is 10.6. The van der Waals surface area contributed by atoms with Crippen molar-refractivity contribution in [3.63, 3.8) is 0 Å². The van der Waals surface area contributed by atoms with Crippen molar-refractivity contribution in [2.75, 3.05) is 11.1 Å². The highest BCUT2D eigenvalue weighted by atomic mass is 79.9. The highest BCUT2D eigenvalue weighted by molar-refractivity contribution is 9.10. The van der Waals surface area contributed by atoms with E-state index < -0.39 is 0 Å². The fraction of sp³-hybridized carbons (Fsp3) is 0.286. The molecule has 1 aromatic heterocycles. The van der Waals surface area contributed by atoms with Gasteiger partial charge in [0, 0.05) is 11.0 Å².